The van der Waals surface area contributed by atoms with Crippen molar-refractivity contribution in [2.24, 2.45) is 0 Å². The molecule has 0 aromatic carbocycles. The molecule has 1 saturated heterocycles. The third-order valence-electron chi connectivity index (χ3n) is 3.74. The zero-order valence-corrected chi connectivity index (χ0v) is 12.9. The SMILES string of the molecule is COc1c(NCC2CCCO2)sc(C(=O)NC2CC2)c1N. The lowest BCUT2D eigenvalue weighted by Gasteiger charge is -2.11. The van der Waals surface area contributed by atoms with E-state index >= 15 is 0 Å². The van der Waals surface area contributed by atoms with Crippen molar-refractivity contribution in [3.63, 3.8) is 0 Å². The minimum atomic E-state index is -0.108. The fourth-order valence-electron chi connectivity index (χ4n) is 2.41. The molecule has 1 amide bonds. The quantitative estimate of drug-likeness (QED) is 0.746. The van der Waals surface area contributed by atoms with Crippen LogP contribution in [0.25, 0.3) is 0 Å². The van der Waals surface area contributed by atoms with Gasteiger partial charge in [0.1, 0.15) is 15.6 Å². The fraction of sp³-hybridized carbons (Fsp3) is 0.643. The van der Waals surface area contributed by atoms with E-state index < -0.39 is 0 Å². The first-order chi connectivity index (χ1) is 10.2. The Kier molecular flexibility index (Phi) is 4.21. The first-order valence-corrected chi connectivity index (χ1v) is 8.13. The van der Waals surface area contributed by atoms with Crippen molar-refractivity contribution >= 4 is 27.9 Å². The molecule has 0 radical (unpaired) electrons. The van der Waals surface area contributed by atoms with Gasteiger partial charge >= 0.3 is 0 Å². The Morgan fingerprint density at radius 3 is 2.90 bits per heavy atom. The Hall–Kier alpha value is -1.47. The number of amides is 1. The zero-order valence-electron chi connectivity index (χ0n) is 12.1. The third kappa shape index (κ3) is 3.24. The molecule has 1 aliphatic heterocycles. The van der Waals surface area contributed by atoms with E-state index in [2.05, 4.69) is 10.6 Å². The van der Waals surface area contributed by atoms with E-state index in [0.29, 0.717) is 28.9 Å². The number of carbonyl (C=O) groups is 1. The van der Waals surface area contributed by atoms with Gasteiger partial charge in [0.15, 0.2) is 5.75 Å². The van der Waals surface area contributed by atoms with Crippen LogP contribution in [-0.4, -0.2) is 38.3 Å². The number of hydrogen-bond acceptors (Lipinski definition) is 6. The maximum absolute atomic E-state index is 12.2. The lowest BCUT2D eigenvalue weighted by Crippen LogP contribution is -2.25. The molecule has 2 aliphatic rings. The normalized spacial score (nSPS) is 21.3. The number of nitrogens with two attached hydrogens (primary N) is 1. The predicted molar refractivity (Wildman–Crippen MR) is 83.2 cm³/mol. The summed E-state index contributed by atoms with van der Waals surface area (Å²) in [5.74, 6) is 0.447. The molecule has 1 atom stereocenters. The molecule has 7 heteroatoms. The lowest BCUT2D eigenvalue weighted by atomic mass is 10.2. The molecule has 1 unspecified atom stereocenters. The van der Waals surface area contributed by atoms with E-state index in [0.717, 1.165) is 37.3 Å². The van der Waals surface area contributed by atoms with Gasteiger partial charge in [-0.2, -0.15) is 0 Å². The predicted octanol–water partition coefficient (Wildman–Crippen LogP) is 1.82. The van der Waals surface area contributed by atoms with Crippen LogP contribution in [-0.2, 0) is 4.74 Å². The van der Waals surface area contributed by atoms with E-state index in [1.165, 1.54) is 11.3 Å². The number of thiophene rings is 1. The van der Waals surface area contributed by atoms with Gasteiger partial charge in [-0.3, -0.25) is 4.79 Å². The second-order valence-corrected chi connectivity index (χ2v) is 6.49. The van der Waals surface area contributed by atoms with Crippen LogP contribution in [0.5, 0.6) is 5.75 Å². The van der Waals surface area contributed by atoms with E-state index in [1.54, 1.807) is 7.11 Å². The Morgan fingerprint density at radius 2 is 2.29 bits per heavy atom. The van der Waals surface area contributed by atoms with Gasteiger partial charge in [-0.15, -0.1) is 11.3 Å². The molecule has 3 rings (SSSR count). The summed E-state index contributed by atoms with van der Waals surface area (Å²) < 4.78 is 10.9. The summed E-state index contributed by atoms with van der Waals surface area (Å²) in [4.78, 5) is 12.7. The molecular weight excluding hydrogens is 290 g/mol. The van der Waals surface area contributed by atoms with Gasteiger partial charge < -0.3 is 25.8 Å². The number of nitrogens with one attached hydrogen (secondary N) is 2. The van der Waals surface area contributed by atoms with Gasteiger partial charge in [-0.25, -0.2) is 0 Å². The maximum atomic E-state index is 12.2. The van der Waals surface area contributed by atoms with Crippen molar-refractivity contribution in [3.05, 3.63) is 4.88 Å². The van der Waals surface area contributed by atoms with Crippen LogP contribution < -0.4 is 21.1 Å². The summed E-state index contributed by atoms with van der Waals surface area (Å²) in [6.07, 6.45) is 4.49. The molecular formula is C14H21N3O3S. The average molecular weight is 311 g/mol. The Labute approximate surface area is 128 Å². The molecule has 21 heavy (non-hydrogen) atoms. The summed E-state index contributed by atoms with van der Waals surface area (Å²) in [6, 6.07) is 0.313. The van der Waals surface area contributed by atoms with Crippen LogP contribution in [0.4, 0.5) is 10.7 Å². The van der Waals surface area contributed by atoms with E-state index in [4.69, 9.17) is 15.2 Å². The molecule has 2 fully saturated rings. The van der Waals surface area contributed by atoms with Crippen LogP contribution in [0.1, 0.15) is 35.4 Å². The minimum Gasteiger partial charge on any atom is -0.492 e. The van der Waals surface area contributed by atoms with Crippen molar-refractivity contribution in [1.82, 2.24) is 5.32 Å². The van der Waals surface area contributed by atoms with E-state index in [-0.39, 0.29) is 12.0 Å². The highest BCUT2D eigenvalue weighted by molar-refractivity contribution is 7.19. The standard InChI is InChI=1S/C14H21N3O3S/c1-19-11-10(15)12(13(18)17-8-4-5-8)21-14(11)16-7-9-3-2-6-20-9/h8-9,16H,2-7,15H2,1H3,(H,17,18). The summed E-state index contributed by atoms with van der Waals surface area (Å²) in [5, 5.41) is 7.05. The summed E-state index contributed by atoms with van der Waals surface area (Å²) in [5.41, 5.74) is 6.46. The largest absolute Gasteiger partial charge is 0.492 e. The third-order valence-corrected chi connectivity index (χ3v) is 4.88. The molecule has 6 nitrogen and oxygen atoms in total. The van der Waals surface area contributed by atoms with Gasteiger partial charge in [-0.1, -0.05) is 0 Å². The maximum Gasteiger partial charge on any atom is 0.263 e. The number of nitrogen functional groups attached to an aromatic ring is 1. The van der Waals surface area contributed by atoms with Crippen LogP contribution in [0.2, 0.25) is 0 Å². The Balaban J connectivity index is 1.70. The number of hydrogen-bond donors (Lipinski definition) is 3. The molecule has 1 aromatic heterocycles. The summed E-state index contributed by atoms with van der Waals surface area (Å²) in [7, 11) is 1.57. The first-order valence-electron chi connectivity index (χ1n) is 7.31. The van der Waals surface area contributed by atoms with Crippen LogP contribution in [0, 0.1) is 0 Å². The molecule has 4 N–H and O–H groups in total. The smallest absolute Gasteiger partial charge is 0.263 e. The zero-order chi connectivity index (χ0) is 14.8. The highest BCUT2D eigenvalue weighted by atomic mass is 32.1. The molecule has 1 aromatic rings. The highest BCUT2D eigenvalue weighted by Crippen LogP contribution is 2.42. The van der Waals surface area contributed by atoms with Gasteiger partial charge in [0, 0.05) is 19.2 Å². The summed E-state index contributed by atoms with van der Waals surface area (Å²) in [6.45, 7) is 1.53. The van der Waals surface area contributed by atoms with Gasteiger partial charge in [0.25, 0.3) is 5.91 Å². The molecule has 1 aliphatic carbocycles. The number of anilines is 2. The van der Waals surface area contributed by atoms with E-state index in [9.17, 15) is 4.79 Å². The monoisotopic (exact) mass is 311 g/mol. The first kappa shape index (κ1) is 14.5. The van der Waals surface area contributed by atoms with Gasteiger partial charge in [-0.05, 0) is 25.7 Å². The van der Waals surface area contributed by atoms with Crippen molar-refractivity contribution in [3.8, 4) is 5.75 Å². The minimum absolute atomic E-state index is 0.108. The molecule has 2 heterocycles. The van der Waals surface area contributed by atoms with Crippen LogP contribution in [0.3, 0.4) is 0 Å². The number of methoxy groups -OCH3 is 1. The molecule has 0 spiro atoms. The van der Waals surface area contributed by atoms with Gasteiger partial charge in [0.2, 0.25) is 0 Å². The van der Waals surface area contributed by atoms with Crippen molar-refractivity contribution in [2.45, 2.75) is 37.8 Å². The number of carbonyl (C=O) groups excluding carboxylic acids is 1. The topological polar surface area (TPSA) is 85.6 Å². The molecule has 0 bridgehead atoms. The molecule has 116 valence electrons. The van der Waals surface area contributed by atoms with E-state index in [1.807, 2.05) is 0 Å². The Morgan fingerprint density at radius 1 is 1.48 bits per heavy atom. The van der Waals surface area contributed by atoms with Crippen molar-refractivity contribution < 1.29 is 14.3 Å². The second kappa shape index (κ2) is 6.11. The highest BCUT2D eigenvalue weighted by Gasteiger charge is 2.28. The van der Waals surface area contributed by atoms with Crippen molar-refractivity contribution in [2.75, 3.05) is 31.3 Å². The second-order valence-electron chi connectivity index (χ2n) is 5.47. The van der Waals surface area contributed by atoms with Crippen molar-refractivity contribution in [1.29, 1.82) is 0 Å². The van der Waals surface area contributed by atoms with Crippen LogP contribution in [0.15, 0.2) is 0 Å². The number of ether oxygens (including phenoxy) is 2. The average Bonchev–Trinajstić information content (AvgIpc) is 3.02. The van der Waals surface area contributed by atoms with Gasteiger partial charge in [0.05, 0.1) is 13.2 Å². The lowest BCUT2D eigenvalue weighted by molar-refractivity contribution is 0.0955. The number of rotatable bonds is 6. The Bertz CT molecular complexity index is 522. The summed E-state index contributed by atoms with van der Waals surface area (Å²) >= 11 is 1.34. The van der Waals surface area contributed by atoms with Crippen LogP contribution >= 0.6 is 11.3 Å². The fourth-order valence-corrected chi connectivity index (χ4v) is 3.41. The molecule has 1 saturated carbocycles.